The Bertz CT molecular complexity index is 170. The van der Waals surface area contributed by atoms with E-state index in [0.717, 1.165) is 0 Å². The minimum atomic E-state index is -2.73. The molecule has 1 fully saturated rings. The molecule has 0 bridgehead atoms. The van der Waals surface area contributed by atoms with Crippen LogP contribution in [0, 0.1) is 16.7 Å². The predicted molar refractivity (Wildman–Crippen MR) is 27.9 cm³/mol. The van der Waals surface area contributed by atoms with E-state index in [-0.39, 0.29) is 6.42 Å². The van der Waals surface area contributed by atoms with Crippen molar-refractivity contribution < 1.29 is 8.78 Å². The van der Waals surface area contributed by atoms with Crippen LogP contribution in [-0.4, -0.2) is 5.92 Å². The molecule has 1 atom stereocenters. The first kappa shape index (κ1) is 6.47. The lowest BCUT2D eigenvalue weighted by Gasteiger charge is -2.40. The zero-order chi connectivity index (χ0) is 7.12. The van der Waals surface area contributed by atoms with Crippen LogP contribution in [0.4, 0.5) is 8.78 Å². The van der Waals surface area contributed by atoms with Gasteiger partial charge in [-0.2, -0.15) is 5.26 Å². The summed E-state index contributed by atoms with van der Waals surface area (Å²) >= 11 is 0. The highest BCUT2D eigenvalue weighted by Gasteiger charge is 2.59. The first-order valence-corrected chi connectivity index (χ1v) is 2.81. The molecule has 1 rings (SSSR count). The van der Waals surface area contributed by atoms with Gasteiger partial charge in [0.05, 0.1) is 6.07 Å². The fraction of sp³-hybridized carbons (Fsp3) is 0.833. The van der Waals surface area contributed by atoms with E-state index in [1.54, 1.807) is 6.07 Å². The summed E-state index contributed by atoms with van der Waals surface area (Å²) in [4.78, 5) is 0. The molecule has 0 aromatic rings. The predicted octanol–water partition coefficient (Wildman–Crippen LogP) is 1.95. The van der Waals surface area contributed by atoms with Crippen LogP contribution in [0.5, 0.6) is 0 Å². The maximum atomic E-state index is 12.4. The number of rotatable bonds is 0. The molecule has 0 aromatic carbocycles. The first-order valence-electron chi connectivity index (χ1n) is 2.81. The summed E-state index contributed by atoms with van der Waals surface area (Å²) in [5.41, 5.74) is -1.37. The molecule has 1 nitrogen and oxygen atoms in total. The smallest absolute Gasteiger partial charge is 0.205 e. The Kier molecular flexibility index (Phi) is 1.03. The average Bonchev–Trinajstić information content (AvgIpc) is 1.84. The van der Waals surface area contributed by atoms with Gasteiger partial charge in [-0.05, 0) is 13.3 Å². The highest BCUT2D eigenvalue weighted by molar-refractivity contribution is 5.12. The maximum absolute atomic E-state index is 12.4. The Hall–Kier alpha value is -0.650. The maximum Gasteiger partial charge on any atom is 0.266 e. The quantitative estimate of drug-likeness (QED) is 0.492. The van der Waals surface area contributed by atoms with Gasteiger partial charge in [-0.15, -0.1) is 0 Å². The van der Waals surface area contributed by atoms with Gasteiger partial charge in [0.2, 0.25) is 0 Å². The van der Waals surface area contributed by atoms with Gasteiger partial charge >= 0.3 is 0 Å². The Morgan fingerprint density at radius 3 is 2.00 bits per heavy atom. The zero-order valence-corrected chi connectivity index (χ0v) is 5.12. The van der Waals surface area contributed by atoms with E-state index in [4.69, 9.17) is 5.26 Å². The summed E-state index contributed by atoms with van der Waals surface area (Å²) in [7, 11) is 0. The molecule has 0 radical (unpaired) electrons. The molecular formula is C6H7F2N. The van der Waals surface area contributed by atoms with E-state index < -0.39 is 11.3 Å². The molecule has 1 aliphatic carbocycles. The van der Waals surface area contributed by atoms with Crippen LogP contribution in [0.3, 0.4) is 0 Å². The standard InChI is InChI=1S/C6H7F2N/c1-5(4-9)2-3-6(5,7)8/h2-3H2,1H3. The highest BCUT2D eigenvalue weighted by atomic mass is 19.3. The largest absolute Gasteiger partial charge is 0.266 e. The summed E-state index contributed by atoms with van der Waals surface area (Å²) < 4.78 is 24.7. The van der Waals surface area contributed by atoms with Gasteiger partial charge in [-0.1, -0.05) is 0 Å². The summed E-state index contributed by atoms with van der Waals surface area (Å²) in [6.45, 7) is 1.30. The lowest BCUT2D eigenvalue weighted by molar-refractivity contribution is -0.162. The monoisotopic (exact) mass is 131 g/mol. The molecular weight excluding hydrogens is 124 g/mol. The van der Waals surface area contributed by atoms with Crippen LogP contribution in [0.2, 0.25) is 0 Å². The molecule has 1 aliphatic rings. The van der Waals surface area contributed by atoms with Crippen molar-refractivity contribution in [2.24, 2.45) is 5.41 Å². The molecule has 50 valence electrons. The van der Waals surface area contributed by atoms with E-state index in [1.807, 2.05) is 0 Å². The van der Waals surface area contributed by atoms with E-state index in [2.05, 4.69) is 0 Å². The van der Waals surface area contributed by atoms with E-state index in [0.29, 0.717) is 6.42 Å². The van der Waals surface area contributed by atoms with Crippen LogP contribution >= 0.6 is 0 Å². The summed E-state index contributed by atoms with van der Waals surface area (Å²) in [5.74, 6) is -2.73. The highest BCUT2D eigenvalue weighted by Crippen LogP contribution is 2.52. The second-order valence-corrected chi connectivity index (χ2v) is 2.65. The third kappa shape index (κ3) is 0.625. The molecule has 0 N–H and O–H groups in total. The molecule has 1 saturated carbocycles. The van der Waals surface area contributed by atoms with Gasteiger partial charge < -0.3 is 0 Å². The fourth-order valence-electron chi connectivity index (χ4n) is 0.827. The molecule has 9 heavy (non-hydrogen) atoms. The Labute approximate surface area is 52.3 Å². The minimum Gasteiger partial charge on any atom is -0.205 e. The van der Waals surface area contributed by atoms with Gasteiger partial charge in [0, 0.05) is 6.42 Å². The molecule has 0 saturated heterocycles. The van der Waals surface area contributed by atoms with Crippen LogP contribution in [0.1, 0.15) is 19.8 Å². The van der Waals surface area contributed by atoms with Gasteiger partial charge in [0.1, 0.15) is 5.41 Å². The Morgan fingerprint density at radius 2 is 2.00 bits per heavy atom. The number of nitriles is 1. The van der Waals surface area contributed by atoms with Crippen molar-refractivity contribution >= 4 is 0 Å². The van der Waals surface area contributed by atoms with Gasteiger partial charge in [-0.3, -0.25) is 0 Å². The second-order valence-electron chi connectivity index (χ2n) is 2.65. The van der Waals surface area contributed by atoms with Crippen molar-refractivity contribution in [2.75, 3.05) is 0 Å². The van der Waals surface area contributed by atoms with Crippen molar-refractivity contribution in [3.8, 4) is 6.07 Å². The van der Waals surface area contributed by atoms with Gasteiger partial charge in [0.25, 0.3) is 5.92 Å². The number of nitrogens with zero attached hydrogens (tertiary/aromatic N) is 1. The van der Waals surface area contributed by atoms with Crippen molar-refractivity contribution in [2.45, 2.75) is 25.7 Å². The third-order valence-electron chi connectivity index (χ3n) is 1.99. The van der Waals surface area contributed by atoms with Crippen molar-refractivity contribution in [3.05, 3.63) is 0 Å². The molecule has 0 amide bonds. The number of hydrogen-bond acceptors (Lipinski definition) is 1. The Morgan fingerprint density at radius 1 is 1.44 bits per heavy atom. The topological polar surface area (TPSA) is 23.8 Å². The van der Waals surface area contributed by atoms with E-state index >= 15 is 0 Å². The third-order valence-corrected chi connectivity index (χ3v) is 1.99. The zero-order valence-electron chi connectivity index (χ0n) is 5.12. The SMILES string of the molecule is CC1(C#N)CCC1(F)F. The van der Waals surface area contributed by atoms with Crippen molar-refractivity contribution in [3.63, 3.8) is 0 Å². The number of halogens is 2. The molecule has 0 spiro atoms. The van der Waals surface area contributed by atoms with Crippen LogP contribution < -0.4 is 0 Å². The minimum absolute atomic E-state index is 0.128. The molecule has 1 unspecified atom stereocenters. The van der Waals surface area contributed by atoms with E-state index in [9.17, 15) is 8.78 Å². The molecule has 0 heterocycles. The van der Waals surface area contributed by atoms with Gasteiger partial charge in [0.15, 0.2) is 0 Å². The fourth-order valence-corrected chi connectivity index (χ4v) is 0.827. The van der Waals surface area contributed by atoms with Crippen LogP contribution in [0.25, 0.3) is 0 Å². The molecule has 0 aromatic heterocycles. The van der Waals surface area contributed by atoms with Crippen molar-refractivity contribution in [1.82, 2.24) is 0 Å². The number of hydrogen-bond donors (Lipinski definition) is 0. The van der Waals surface area contributed by atoms with Crippen LogP contribution in [-0.2, 0) is 0 Å². The summed E-state index contributed by atoms with van der Waals surface area (Å²) in [6, 6.07) is 1.62. The molecule has 0 aliphatic heterocycles. The average molecular weight is 131 g/mol. The Balaban J connectivity index is 2.77. The van der Waals surface area contributed by atoms with Crippen LogP contribution in [0.15, 0.2) is 0 Å². The first-order chi connectivity index (χ1) is 4.02. The van der Waals surface area contributed by atoms with Crippen molar-refractivity contribution in [1.29, 1.82) is 5.26 Å². The van der Waals surface area contributed by atoms with Gasteiger partial charge in [-0.25, -0.2) is 8.78 Å². The number of alkyl halides is 2. The second kappa shape index (κ2) is 1.44. The van der Waals surface area contributed by atoms with E-state index in [1.165, 1.54) is 6.92 Å². The summed E-state index contributed by atoms with van der Waals surface area (Å²) in [6.07, 6.45) is 0.202. The lowest BCUT2D eigenvalue weighted by Crippen LogP contribution is -2.47. The summed E-state index contributed by atoms with van der Waals surface area (Å²) in [5, 5.41) is 8.25. The molecule has 3 heteroatoms. The lowest BCUT2D eigenvalue weighted by atomic mass is 9.68. The normalized spacial score (nSPS) is 38.9.